The van der Waals surface area contributed by atoms with E-state index >= 15 is 0 Å². The Morgan fingerprint density at radius 2 is 1.77 bits per heavy atom. The van der Waals surface area contributed by atoms with Crippen molar-refractivity contribution in [2.75, 3.05) is 13.1 Å². The fourth-order valence-corrected chi connectivity index (χ4v) is 5.11. The zero-order valence-electron chi connectivity index (χ0n) is 17.2. The van der Waals surface area contributed by atoms with Crippen LogP contribution in [-0.2, 0) is 9.53 Å². The van der Waals surface area contributed by atoms with E-state index in [0.29, 0.717) is 34.8 Å². The van der Waals surface area contributed by atoms with Gasteiger partial charge in [-0.15, -0.1) is 22.7 Å². The first kappa shape index (κ1) is 21.5. The van der Waals surface area contributed by atoms with Crippen molar-refractivity contribution < 1.29 is 19.1 Å². The molecule has 0 radical (unpaired) electrons. The van der Waals surface area contributed by atoms with Crippen LogP contribution in [0.5, 0.6) is 0 Å². The molecule has 1 amide bonds. The Balaban J connectivity index is 1.46. The van der Waals surface area contributed by atoms with Gasteiger partial charge in [-0.1, -0.05) is 29.8 Å². The number of nitrogens with zero attached hydrogens (tertiary/aromatic N) is 1. The summed E-state index contributed by atoms with van der Waals surface area (Å²) in [5.41, 5.74) is 1.70. The number of carbonyl (C=O) groups excluding carboxylic acids is 3. The van der Waals surface area contributed by atoms with Crippen molar-refractivity contribution in [3.8, 4) is 0 Å². The molecule has 3 aromatic rings. The number of ether oxygens (including phenoxy) is 1. The number of Topliss-reactive ketones (excluding diaryl/α,β-unsaturated/α-hetero) is 1. The van der Waals surface area contributed by atoms with E-state index in [1.54, 1.807) is 17.0 Å². The van der Waals surface area contributed by atoms with Gasteiger partial charge in [-0.25, -0.2) is 0 Å². The maximum Gasteiger partial charge on any atom is 0.311 e. The Labute approximate surface area is 189 Å². The Kier molecular flexibility index (Phi) is 6.63. The van der Waals surface area contributed by atoms with Gasteiger partial charge in [0.1, 0.15) is 0 Å². The van der Waals surface area contributed by atoms with E-state index in [9.17, 15) is 14.4 Å². The van der Waals surface area contributed by atoms with Crippen molar-refractivity contribution >= 4 is 40.3 Å². The van der Waals surface area contributed by atoms with Crippen LogP contribution in [-0.4, -0.2) is 35.6 Å². The van der Waals surface area contributed by atoms with Crippen LogP contribution in [0.1, 0.15) is 49.4 Å². The van der Waals surface area contributed by atoms with E-state index in [-0.39, 0.29) is 11.7 Å². The smallest absolute Gasteiger partial charge is 0.311 e. The van der Waals surface area contributed by atoms with Crippen LogP contribution in [0.2, 0.25) is 0 Å². The zero-order chi connectivity index (χ0) is 21.8. The van der Waals surface area contributed by atoms with Crippen molar-refractivity contribution in [3.63, 3.8) is 0 Å². The fraction of sp³-hybridized carbons (Fsp3) is 0.292. The number of hydrogen-bond acceptors (Lipinski definition) is 6. The Morgan fingerprint density at radius 3 is 2.45 bits per heavy atom. The lowest BCUT2D eigenvalue weighted by atomic mass is 9.97. The highest BCUT2D eigenvalue weighted by atomic mass is 32.1. The predicted octanol–water partition coefficient (Wildman–Crippen LogP) is 5.14. The van der Waals surface area contributed by atoms with Crippen molar-refractivity contribution in [1.29, 1.82) is 0 Å². The molecule has 2 aromatic heterocycles. The number of hydrogen-bond donors (Lipinski definition) is 0. The van der Waals surface area contributed by atoms with Crippen molar-refractivity contribution in [2.45, 2.75) is 25.9 Å². The van der Waals surface area contributed by atoms with Gasteiger partial charge in [0, 0.05) is 18.7 Å². The number of thiophene rings is 2. The summed E-state index contributed by atoms with van der Waals surface area (Å²) in [6.07, 6.45) is 0.412. The first-order chi connectivity index (χ1) is 15.0. The van der Waals surface area contributed by atoms with Crippen LogP contribution in [0.15, 0.2) is 59.3 Å². The maximum atomic E-state index is 13.0. The van der Waals surface area contributed by atoms with Crippen LogP contribution < -0.4 is 0 Å². The quantitative estimate of drug-likeness (QED) is 0.383. The highest BCUT2D eigenvalue weighted by molar-refractivity contribution is 7.12. The second-order valence-corrected chi connectivity index (χ2v) is 9.56. The summed E-state index contributed by atoms with van der Waals surface area (Å²) >= 11 is 2.72. The summed E-state index contributed by atoms with van der Waals surface area (Å²) in [6, 6.07) is 14.6. The Hall–Kier alpha value is -2.77. The second kappa shape index (κ2) is 9.58. The van der Waals surface area contributed by atoms with E-state index in [0.717, 1.165) is 12.0 Å². The van der Waals surface area contributed by atoms with Crippen LogP contribution in [0.3, 0.4) is 0 Å². The highest BCUT2D eigenvalue weighted by Gasteiger charge is 2.34. The molecule has 0 aliphatic carbocycles. The van der Waals surface area contributed by atoms with Gasteiger partial charge in [0.05, 0.1) is 15.7 Å². The molecule has 31 heavy (non-hydrogen) atoms. The molecule has 3 heterocycles. The normalized spacial score (nSPS) is 17.2. The monoisotopic (exact) mass is 453 g/mol. The Morgan fingerprint density at radius 1 is 1.03 bits per heavy atom. The predicted molar refractivity (Wildman–Crippen MR) is 122 cm³/mol. The van der Waals surface area contributed by atoms with E-state index in [4.69, 9.17) is 4.74 Å². The van der Waals surface area contributed by atoms with Gasteiger partial charge >= 0.3 is 5.97 Å². The highest BCUT2D eigenvalue weighted by Crippen LogP contribution is 2.30. The summed E-state index contributed by atoms with van der Waals surface area (Å²) in [4.78, 5) is 41.9. The maximum absolute atomic E-state index is 13.0. The minimum absolute atomic E-state index is 0.0815. The zero-order valence-corrected chi connectivity index (χ0v) is 18.8. The number of ketones is 1. The first-order valence-electron chi connectivity index (χ1n) is 10.2. The van der Waals surface area contributed by atoms with E-state index < -0.39 is 18.0 Å². The standard InChI is InChI=1S/C24H23NO4S2/c1-16-8-10-17(11-9-16)23(27)25-12-2-5-18(15-25)24(28)29-22(20-7-4-14-31-20)21(26)19-6-3-13-30-19/h3-4,6-11,13-14,18,22H,2,5,12,15H2,1H3. The summed E-state index contributed by atoms with van der Waals surface area (Å²) in [7, 11) is 0. The van der Waals surface area contributed by atoms with Crippen LogP contribution in [0.4, 0.5) is 0 Å². The van der Waals surface area contributed by atoms with Gasteiger partial charge in [0.2, 0.25) is 5.78 Å². The molecule has 1 fully saturated rings. The molecule has 0 spiro atoms. The van der Waals surface area contributed by atoms with Gasteiger partial charge in [0.15, 0.2) is 6.10 Å². The second-order valence-electron chi connectivity index (χ2n) is 7.63. The van der Waals surface area contributed by atoms with Gasteiger partial charge in [-0.05, 0) is 54.8 Å². The third kappa shape index (κ3) is 4.94. The number of likely N-dealkylation sites (tertiary alicyclic amines) is 1. The summed E-state index contributed by atoms with van der Waals surface area (Å²) in [6.45, 7) is 2.89. The molecule has 2 unspecified atom stereocenters. The van der Waals surface area contributed by atoms with Gasteiger partial charge in [-0.3, -0.25) is 14.4 Å². The molecule has 0 saturated carbocycles. The summed E-state index contributed by atoms with van der Waals surface area (Å²) < 4.78 is 5.76. The van der Waals surface area contributed by atoms with Crippen molar-refractivity contribution in [2.24, 2.45) is 5.92 Å². The van der Waals surface area contributed by atoms with Gasteiger partial charge in [-0.2, -0.15) is 0 Å². The fourth-order valence-electron chi connectivity index (χ4n) is 3.67. The van der Waals surface area contributed by atoms with Crippen LogP contribution in [0, 0.1) is 12.8 Å². The summed E-state index contributed by atoms with van der Waals surface area (Å²) in [5, 5.41) is 3.69. The molecule has 0 N–H and O–H groups in total. The molecule has 0 bridgehead atoms. The van der Waals surface area contributed by atoms with Gasteiger partial charge in [0.25, 0.3) is 5.91 Å². The molecule has 1 aliphatic heterocycles. The Bertz CT molecular complexity index is 1040. The van der Waals surface area contributed by atoms with Crippen LogP contribution >= 0.6 is 22.7 Å². The molecule has 2 atom stereocenters. The molecule has 5 nitrogen and oxygen atoms in total. The summed E-state index contributed by atoms with van der Waals surface area (Å²) in [5.74, 6) is -1.16. The third-order valence-electron chi connectivity index (χ3n) is 5.38. The SMILES string of the molecule is Cc1ccc(C(=O)N2CCCC(C(=O)OC(C(=O)c3cccs3)c3cccs3)C2)cc1. The number of carbonyl (C=O) groups is 3. The van der Waals surface area contributed by atoms with E-state index in [1.165, 1.54) is 22.7 Å². The third-order valence-corrected chi connectivity index (χ3v) is 7.18. The number of aryl methyl sites for hydroxylation is 1. The molecule has 1 aliphatic rings. The molecule has 160 valence electrons. The minimum atomic E-state index is -0.950. The molecule has 4 rings (SSSR count). The largest absolute Gasteiger partial charge is 0.448 e. The minimum Gasteiger partial charge on any atom is -0.448 e. The van der Waals surface area contributed by atoms with E-state index in [2.05, 4.69) is 0 Å². The number of amides is 1. The number of piperidine rings is 1. The molecular weight excluding hydrogens is 430 g/mol. The van der Waals surface area contributed by atoms with Crippen molar-refractivity contribution in [3.05, 3.63) is 80.2 Å². The van der Waals surface area contributed by atoms with E-state index in [1.807, 2.05) is 54.1 Å². The lowest BCUT2D eigenvalue weighted by Crippen LogP contribution is -2.43. The molecular formula is C24H23NO4S2. The molecule has 1 saturated heterocycles. The average Bonchev–Trinajstić information content (AvgIpc) is 3.51. The number of rotatable bonds is 6. The topological polar surface area (TPSA) is 63.7 Å². The molecule has 1 aromatic carbocycles. The van der Waals surface area contributed by atoms with Crippen molar-refractivity contribution in [1.82, 2.24) is 4.90 Å². The first-order valence-corrected chi connectivity index (χ1v) is 12.0. The molecule has 7 heteroatoms. The number of benzene rings is 1. The average molecular weight is 454 g/mol. The number of esters is 1. The lowest BCUT2D eigenvalue weighted by Gasteiger charge is -2.32. The van der Waals surface area contributed by atoms with Gasteiger partial charge < -0.3 is 9.64 Å². The van der Waals surface area contributed by atoms with Crippen LogP contribution in [0.25, 0.3) is 0 Å². The lowest BCUT2D eigenvalue weighted by molar-refractivity contribution is -0.153.